The van der Waals surface area contributed by atoms with Gasteiger partial charge in [0.15, 0.2) is 5.78 Å². The van der Waals surface area contributed by atoms with Crippen LogP contribution in [0.15, 0.2) is 12.2 Å². The van der Waals surface area contributed by atoms with E-state index in [1.807, 2.05) is 13.8 Å². The van der Waals surface area contributed by atoms with Crippen LogP contribution in [0.2, 0.25) is 0 Å². The summed E-state index contributed by atoms with van der Waals surface area (Å²) in [5.41, 5.74) is -2.85. The molecule has 0 saturated heterocycles. The van der Waals surface area contributed by atoms with E-state index in [0.717, 1.165) is 0 Å². The van der Waals surface area contributed by atoms with Gasteiger partial charge in [-0.3, -0.25) is 4.79 Å². The smallest absolute Gasteiger partial charge is 0.170 e. The van der Waals surface area contributed by atoms with Gasteiger partial charge in [-0.2, -0.15) is 0 Å². The van der Waals surface area contributed by atoms with Crippen LogP contribution < -0.4 is 0 Å². The molecule has 4 aliphatic rings. The average molecular weight is 366 g/mol. The van der Waals surface area contributed by atoms with Gasteiger partial charge in [0.05, 0.1) is 36.4 Å². The fourth-order valence-electron chi connectivity index (χ4n) is 7.49. The van der Waals surface area contributed by atoms with Gasteiger partial charge in [-0.05, 0) is 42.6 Å². The monoisotopic (exact) mass is 366 g/mol. The van der Waals surface area contributed by atoms with Gasteiger partial charge in [-0.15, -0.1) is 0 Å². The molecule has 0 radical (unpaired) electrons. The van der Waals surface area contributed by atoms with Crippen molar-refractivity contribution in [2.45, 2.75) is 63.9 Å². The van der Waals surface area contributed by atoms with Gasteiger partial charge >= 0.3 is 0 Å². The van der Waals surface area contributed by atoms with Crippen molar-refractivity contribution in [1.82, 2.24) is 0 Å². The number of aliphatic hydroxyl groups excluding tert-OH is 5. The number of hydrogen-bond acceptors (Lipinski definition) is 6. The Labute approximate surface area is 153 Å². The van der Waals surface area contributed by atoms with E-state index in [9.17, 15) is 30.3 Å². The number of hydrogen-bond donors (Lipinski definition) is 5. The summed E-state index contributed by atoms with van der Waals surface area (Å²) < 4.78 is 0. The molecule has 0 aromatic heterocycles. The number of fused-ring (bicyclic) bond motifs is 3. The van der Waals surface area contributed by atoms with E-state index >= 15 is 0 Å². The Hall–Kier alpha value is -0.790. The summed E-state index contributed by atoms with van der Waals surface area (Å²) in [6.45, 7) is 7.40. The van der Waals surface area contributed by atoms with Crippen LogP contribution in [0, 0.1) is 34.0 Å². The van der Waals surface area contributed by atoms with Gasteiger partial charge in [0, 0.05) is 17.3 Å². The summed E-state index contributed by atoms with van der Waals surface area (Å²) in [6.07, 6.45) is -2.67. The van der Waals surface area contributed by atoms with Crippen molar-refractivity contribution >= 4 is 5.78 Å². The molecule has 26 heavy (non-hydrogen) atoms. The molecule has 4 rings (SSSR count). The van der Waals surface area contributed by atoms with Gasteiger partial charge in [0.25, 0.3) is 0 Å². The lowest BCUT2D eigenvalue weighted by atomic mass is 9.38. The third-order valence-corrected chi connectivity index (χ3v) is 8.53. The maximum absolute atomic E-state index is 13.2. The zero-order valence-electron chi connectivity index (χ0n) is 15.4. The molecule has 4 saturated carbocycles. The fourth-order valence-corrected chi connectivity index (χ4v) is 7.49. The molecule has 1 spiro atoms. The minimum Gasteiger partial charge on any atom is -0.396 e. The lowest BCUT2D eigenvalue weighted by Gasteiger charge is -2.68. The highest BCUT2D eigenvalue weighted by Crippen LogP contribution is 2.70. The number of carbonyl (C=O) groups excluding carboxylic acids is 1. The summed E-state index contributed by atoms with van der Waals surface area (Å²) in [6, 6.07) is 0. The van der Waals surface area contributed by atoms with Crippen molar-refractivity contribution in [2.24, 2.45) is 34.0 Å². The van der Waals surface area contributed by atoms with E-state index < -0.39 is 70.8 Å². The first-order valence-electron chi connectivity index (χ1n) is 9.65. The Bertz CT molecular complexity index is 659. The lowest BCUT2D eigenvalue weighted by Crippen LogP contribution is -2.76. The second-order valence-corrected chi connectivity index (χ2v) is 9.70. The van der Waals surface area contributed by atoms with E-state index in [2.05, 4.69) is 6.58 Å². The molecule has 0 aromatic carbocycles. The molecule has 2 bridgehead atoms. The predicted octanol–water partition coefficient (Wildman–Crippen LogP) is 0.01000. The van der Waals surface area contributed by atoms with Gasteiger partial charge < -0.3 is 25.5 Å². The van der Waals surface area contributed by atoms with Crippen molar-refractivity contribution < 1.29 is 30.3 Å². The third-order valence-electron chi connectivity index (χ3n) is 8.53. The second kappa shape index (κ2) is 5.39. The Morgan fingerprint density at radius 1 is 1.08 bits per heavy atom. The number of Topliss-reactive ketones (excluding diaryl/α,β-unsaturated/α-hetero) is 1. The molecule has 0 heterocycles. The molecule has 4 aliphatic carbocycles. The Kier molecular flexibility index (Phi) is 3.85. The van der Waals surface area contributed by atoms with Crippen molar-refractivity contribution in [3.63, 3.8) is 0 Å². The first-order chi connectivity index (χ1) is 12.1. The quantitative estimate of drug-likeness (QED) is 0.417. The number of ketones is 1. The summed E-state index contributed by atoms with van der Waals surface area (Å²) in [5.74, 6) is -2.01. The van der Waals surface area contributed by atoms with Crippen LogP contribution in [0.5, 0.6) is 0 Å². The Morgan fingerprint density at radius 3 is 2.35 bits per heavy atom. The second-order valence-electron chi connectivity index (χ2n) is 9.70. The molecule has 9 atom stereocenters. The normalized spacial score (nSPS) is 55.4. The van der Waals surface area contributed by atoms with E-state index in [-0.39, 0.29) is 0 Å². The molecule has 5 N–H and O–H groups in total. The summed E-state index contributed by atoms with van der Waals surface area (Å²) in [5, 5.41) is 54.8. The molecule has 0 unspecified atom stereocenters. The zero-order chi connectivity index (χ0) is 19.2. The molecular weight excluding hydrogens is 336 g/mol. The van der Waals surface area contributed by atoms with Crippen LogP contribution in [-0.2, 0) is 4.79 Å². The molecular formula is C20H30O6. The van der Waals surface area contributed by atoms with Crippen molar-refractivity contribution in [2.75, 3.05) is 6.61 Å². The highest BCUT2D eigenvalue weighted by Gasteiger charge is 2.78. The first kappa shape index (κ1) is 18.6. The Morgan fingerprint density at radius 2 is 1.73 bits per heavy atom. The molecule has 6 nitrogen and oxygen atoms in total. The molecule has 146 valence electrons. The van der Waals surface area contributed by atoms with Crippen LogP contribution in [-0.4, -0.2) is 62.3 Å². The summed E-state index contributed by atoms with van der Waals surface area (Å²) in [7, 11) is 0. The van der Waals surface area contributed by atoms with E-state index in [1.54, 1.807) is 0 Å². The first-order valence-corrected chi connectivity index (χ1v) is 9.65. The van der Waals surface area contributed by atoms with Gasteiger partial charge in [-0.25, -0.2) is 0 Å². The maximum atomic E-state index is 13.2. The number of rotatable bonds is 1. The summed E-state index contributed by atoms with van der Waals surface area (Å²) in [4.78, 5) is 13.2. The fraction of sp³-hybridized carbons (Fsp3) is 0.850. The van der Waals surface area contributed by atoms with Crippen molar-refractivity contribution in [3.8, 4) is 0 Å². The molecule has 0 aliphatic heterocycles. The van der Waals surface area contributed by atoms with Crippen LogP contribution in [0.25, 0.3) is 0 Å². The van der Waals surface area contributed by atoms with Crippen LogP contribution in [0.4, 0.5) is 0 Å². The average Bonchev–Trinajstić information content (AvgIpc) is 2.70. The highest BCUT2D eigenvalue weighted by molar-refractivity contribution is 6.04. The van der Waals surface area contributed by atoms with Crippen LogP contribution >= 0.6 is 0 Å². The highest BCUT2D eigenvalue weighted by atomic mass is 16.3. The third kappa shape index (κ3) is 1.74. The lowest BCUT2D eigenvalue weighted by molar-refractivity contribution is -0.301. The Balaban J connectivity index is 1.98. The van der Waals surface area contributed by atoms with E-state index in [4.69, 9.17) is 0 Å². The largest absolute Gasteiger partial charge is 0.396 e. The van der Waals surface area contributed by atoms with Gasteiger partial charge in [0.1, 0.15) is 0 Å². The maximum Gasteiger partial charge on any atom is 0.170 e. The topological polar surface area (TPSA) is 118 Å². The SMILES string of the molecule is C=C1C(=O)[C@]23[C@H](O)[C@H]1CC[C@H]2[C@@]1(CO)[C@H]([C@H](O)[C@@H]3O)C(C)(C)CC[C@@H]1O. The van der Waals surface area contributed by atoms with Crippen LogP contribution in [0.3, 0.4) is 0 Å². The minimum absolute atomic E-state index is 0.294. The standard InChI is InChI=1S/C20H30O6/c1-9-10-4-5-11-19(8-21)12(22)6-7-18(2,3)14(19)13(23)17(26)20(11,15(9)24)16(10)25/h10-14,16-17,21-23,25-26H,1,4-8H2,2-3H3/t10-,11-,12-,13-,14+,16+,17-,19+,20-/m0/s1. The molecule has 6 heteroatoms. The minimum atomic E-state index is -1.59. The molecule has 4 fully saturated rings. The van der Waals surface area contributed by atoms with Crippen molar-refractivity contribution in [3.05, 3.63) is 12.2 Å². The number of carbonyl (C=O) groups is 1. The van der Waals surface area contributed by atoms with Crippen LogP contribution in [0.1, 0.15) is 39.5 Å². The molecule has 0 amide bonds. The van der Waals surface area contributed by atoms with Crippen molar-refractivity contribution in [1.29, 1.82) is 0 Å². The zero-order valence-corrected chi connectivity index (χ0v) is 15.4. The summed E-state index contributed by atoms with van der Waals surface area (Å²) >= 11 is 0. The molecule has 0 aromatic rings. The number of aliphatic hydroxyl groups is 5. The van der Waals surface area contributed by atoms with Gasteiger partial charge in [0.2, 0.25) is 0 Å². The van der Waals surface area contributed by atoms with Gasteiger partial charge in [-0.1, -0.05) is 20.4 Å². The van der Waals surface area contributed by atoms with E-state index in [0.29, 0.717) is 31.3 Å². The predicted molar refractivity (Wildman–Crippen MR) is 92.8 cm³/mol. The van der Waals surface area contributed by atoms with E-state index in [1.165, 1.54) is 0 Å².